The van der Waals surface area contributed by atoms with Gasteiger partial charge in [-0.05, 0) is 19.3 Å². The number of anilines is 1. The van der Waals surface area contributed by atoms with E-state index in [1.165, 1.54) is 25.3 Å². The van der Waals surface area contributed by atoms with Crippen LogP contribution in [0, 0.1) is 0 Å². The SMILES string of the molecule is COC(=O)Nc1cnn(CC(=O)N2CCCCC2C(=O)OC)n1. The van der Waals surface area contributed by atoms with Crippen LogP contribution in [0.1, 0.15) is 19.3 Å². The van der Waals surface area contributed by atoms with E-state index in [1.807, 2.05) is 0 Å². The van der Waals surface area contributed by atoms with Gasteiger partial charge in [-0.1, -0.05) is 0 Å². The summed E-state index contributed by atoms with van der Waals surface area (Å²) in [5.74, 6) is -0.521. The van der Waals surface area contributed by atoms with Crippen LogP contribution in [0.4, 0.5) is 10.6 Å². The quantitative estimate of drug-likeness (QED) is 0.775. The first-order valence-corrected chi connectivity index (χ1v) is 7.17. The molecule has 0 aliphatic carbocycles. The van der Waals surface area contributed by atoms with Crippen LogP contribution in [0.3, 0.4) is 0 Å². The molecule has 0 spiro atoms. The smallest absolute Gasteiger partial charge is 0.412 e. The number of likely N-dealkylation sites (tertiary alicyclic amines) is 1. The van der Waals surface area contributed by atoms with Crippen molar-refractivity contribution in [3.63, 3.8) is 0 Å². The van der Waals surface area contributed by atoms with Gasteiger partial charge < -0.3 is 14.4 Å². The normalized spacial score (nSPS) is 17.5. The van der Waals surface area contributed by atoms with E-state index >= 15 is 0 Å². The second kappa shape index (κ2) is 7.56. The molecular formula is C13H19N5O5. The Morgan fingerprint density at radius 3 is 2.78 bits per heavy atom. The lowest BCUT2D eigenvalue weighted by atomic mass is 10.0. The van der Waals surface area contributed by atoms with Crippen LogP contribution in [0.2, 0.25) is 0 Å². The lowest BCUT2D eigenvalue weighted by Gasteiger charge is -2.33. The van der Waals surface area contributed by atoms with Crippen molar-refractivity contribution in [2.75, 3.05) is 26.1 Å². The maximum absolute atomic E-state index is 12.4. The van der Waals surface area contributed by atoms with Crippen LogP contribution in [0.25, 0.3) is 0 Å². The third-order valence-corrected chi connectivity index (χ3v) is 3.53. The van der Waals surface area contributed by atoms with E-state index in [0.717, 1.165) is 17.6 Å². The van der Waals surface area contributed by atoms with Gasteiger partial charge in [0.1, 0.15) is 12.6 Å². The first kappa shape index (κ1) is 16.7. The fourth-order valence-corrected chi connectivity index (χ4v) is 2.41. The van der Waals surface area contributed by atoms with Crippen molar-refractivity contribution in [2.24, 2.45) is 0 Å². The highest BCUT2D eigenvalue weighted by Gasteiger charge is 2.33. The molecule has 10 nitrogen and oxygen atoms in total. The molecule has 0 radical (unpaired) electrons. The monoisotopic (exact) mass is 325 g/mol. The third-order valence-electron chi connectivity index (χ3n) is 3.53. The summed E-state index contributed by atoms with van der Waals surface area (Å²) >= 11 is 0. The third kappa shape index (κ3) is 4.18. The van der Waals surface area contributed by atoms with E-state index in [1.54, 1.807) is 0 Å². The molecule has 1 fully saturated rings. The van der Waals surface area contributed by atoms with Crippen LogP contribution in [0.15, 0.2) is 6.20 Å². The topological polar surface area (TPSA) is 116 Å². The Bertz CT molecular complexity index is 587. The lowest BCUT2D eigenvalue weighted by molar-refractivity contribution is -0.155. The summed E-state index contributed by atoms with van der Waals surface area (Å²) < 4.78 is 9.19. The number of ether oxygens (including phenoxy) is 2. The summed E-state index contributed by atoms with van der Waals surface area (Å²) in [6, 6.07) is -0.565. The van der Waals surface area contributed by atoms with Gasteiger partial charge in [0.05, 0.1) is 20.4 Å². The molecule has 0 saturated carbocycles. The van der Waals surface area contributed by atoms with Gasteiger partial charge in [-0.15, -0.1) is 5.10 Å². The summed E-state index contributed by atoms with van der Waals surface area (Å²) in [5.41, 5.74) is 0. The van der Waals surface area contributed by atoms with Crippen LogP contribution >= 0.6 is 0 Å². The Morgan fingerprint density at radius 1 is 1.30 bits per heavy atom. The number of esters is 1. The van der Waals surface area contributed by atoms with Crippen molar-refractivity contribution in [1.82, 2.24) is 19.9 Å². The van der Waals surface area contributed by atoms with Crippen LogP contribution in [-0.2, 0) is 25.6 Å². The zero-order chi connectivity index (χ0) is 16.8. The van der Waals surface area contributed by atoms with E-state index in [-0.39, 0.29) is 18.3 Å². The van der Waals surface area contributed by atoms with Crippen molar-refractivity contribution in [2.45, 2.75) is 31.8 Å². The van der Waals surface area contributed by atoms with E-state index in [4.69, 9.17) is 4.74 Å². The zero-order valence-electron chi connectivity index (χ0n) is 13.0. The van der Waals surface area contributed by atoms with E-state index < -0.39 is 18.1 Å². The van der Waals surface area contributed by atoms with Gasteiger partial charge in [0, 0.05) is 6.54 Å². The van der Waals surface area contributed by atoms with Crippen LogP contribution in [0.5, 0.6) is 0 Å². The first-order chi connectivity index (χ1) is 11.0. The fraction of sp³-hybridized carbons (Fsp3) is 0.615. The molecule has 0 aromatic carbocycles. The molecule has 1 aliphatic rings. The van der Waals surface area contributed by atoms with Gasteiger partial charge in [0.15, 0.2) is 5.82 Å². The summed E-state index contributed by atoms with van der Waals surface area (Å²) in [6.07, 6.45) is 2.92. The molecule has 10 heteroatoms. The Morgan fingerprint density at radius 2 is 2.09 bits per heavy atom. The molecule has 1 aliphatic heterocycles. The molecule has 1 saturated heterocycles. The van der Waals surface area contributed by atoms with Crippen LogP contribution in [-0.4, -0.2) is 64.7 Å². The molecule has 2 rings (SSSR count). The van der Waals surface area contributed by atoms with E-state index in [9.17, 15) is 14.4 Å². The van der Waals surface area contributed by atoms with Gasteiger partial charge in [0.25, 0.3) is 0 Å². The number of hydrogen-bond acceptors (Lipinski definition) is 7. The molecule has 1 N–H and O–H groups in total. The highest BCUT2D eigenvalue weighted by molar-refractivity contribution is 5.85. The summed E-state index contributed by atoms with van der Waals surface area (Å²) in [4.78, 5) is 37.9. The minimum Gasteiger partial charge on any atom is -0.467 e. The molecule has 1 unspecified atom stereocenters. The lowest BCUT2D eigenvalue weighted by Crippen LogP contribution is -2.49. The van der Waals surface area contributed by atoms with Gasteiger partial charge in [-0.2, -0.15) is 9.90 Å². The predicted octanol–water partition coefficient (Wildman–Crippen LogP) is 0.0105. The van der Waals surface area contributed by atoms with Crippen molar-refractivity contribution >= 4 is 23.8 Å². The Kier molecular flexibility index (Phi) is 5.50. The number of nitrogens with one attached hydrogen (secondary N) is 1. The Labute approximate surface area is 132 Å². The standard InChI is InChI=1S/C13H19N5O5/c1-22-12(20)9-5-3-4-6-17(9)11(19)8-18-14-7-10(16-18)15-13(21)23-2/h7,9H,3-6,8H2,1-2H3,(H,15,16,21). The van der Waals surface area contributed by atoms with Crippen molar-refractivity contribution in [3.8, 4) is 0 Å². The Balaban J connectivity index is 2.00. The molecule has 2 amide bonds. The molecule has 126 valence electrons. The number of nitrogens with zero attached hydrogens (tertiary/aromatic N) is 4. The second-order valence-electron chi connectivity index (χ2n) is 5.00. The van der Waals surface area contributed by atoms with Crippen molar-refractivity contribution < 1.29 is 23.9 Å². The number of methoxy groups -OCH3 is 2. The van der Waals surface area contributed by atoms with Gasteiger partial charge in [-0.3, -0.25) is 10.1 Å². The van der Waals surface area contributed by atoms with Gasteiger partial charge in [-0.25, -0.2) is 9.59 Å². The predicted molar refractivity (Wildman–Crippen MR) is 77.4 cm³/mol. The average molecular weight is 325 g/mol. The van der Waals surface area contributed by atoms with Crippen LogP contribution < -0.4 is 5.32 Å². The van der Waals surface area contributed by atoms with E-state index in [2.05, 4.69) is 20.3 Å². The molecule has 23 heavy (non-hydrogen) atoms. The van der Waals surface area contributed by atoms with Crippen molar-refractivity contribution in [3.05, 3.63) is 6.20 Å². The summed E-state index contributed by atoms with van der Waals surface area (Å²) in [5, 5.41) is 10.2. The number of piperidine rings is 1. The fourth-order valence-electron chi connectivity index (χ4n) is 2.41. The molecule has 0 bridgehead atoms. The maximum atomic E-state index is 12.4. The second-order valence-corrected chi connectivity index (χ2v) is 5.00. The highest BCUT2D eigenvalue weighted by atomic mass is 16.5. The van der Waals surface area contributed by atoms with E-state index in [0.29, 0.717) is 13.0 Å². The maximum Gasteiger partial charge on any atom is 0.412 e. The molecule has 1 aromatic rings. The minimum absolute atomic E-state index is 0.129. The number of carbonyl (C=O) groups is 3. The number of carbonyl (C=O) groups excluding carboxylic acids is 3. The number of aromatic nitrogens is 3. The van der Waals surface area contributed by atoms with Crippen molar-refractivity contribution in [1.29, 1.82) is 0 Å². The highest BCUT2D eigenvalue weighted by Crippen LogP contribution is 2.18. The largest absolute Gasteiger partial charge is 0.467 e. The Hall–Kier alpha value is -2.65. The molecular weight excluding hydrogens is 306 g/mol. The summed E-state index contributed by atoms with van der Waals surface area (Å²) in [6.45, 7) is 0.365. The number of rotatable bonds is 4. The minimum atomic E-state index is -0.676. The summed E-state index contributed by atoms with van der Waals surface area (Å²) in [7, 11) is 2.53. The number of amides is 2. The van der Waals surface area contributed by atoms with Gasteiger partial charge in [0.2, 0.25) is 5.91 Å². The zero-order valence-corrected chi connectivity index (χ0v) is 13.0. The van der Waals surface area contributed by atoms with Gasteiger partial charge >= 0.3 is 12.1 Å². The average Bonchev–Trinajstić information content (AvgIpc) is 3.00. The molecule has 2 heterocycles. The first-order valence-electron chi connectivity index (χ1n) is 7.17. The molecule has 1 aromatic heterocycles. The molecule has 1 atom stereocenters. The number of hydrogen-bond donors (Lipinski definition) is 1.